The van der Waals surface area contributed by atoms with Crippen LogP contribution >= 0.6 is 0 Å². The van der Waals surface area contributed by atoms with Crippen LogP contribution in [0.4, 0.5) is 5.69 Å². The number of sulfonamides is 1. The summed E-state index contributed by atoms with van der Waals surface area (Å²) in [6.07, 6.45) is 3.71. The summed E-state index contributed by atoms with van der Waals surface area (Å²) in [7, 11) is -3.64. The lowest BCUT2D eigenvalue weighted by atomic mass is 10.1. The number of hydrogen-bond acceptors (Lipinski definition) is 5. The highest BCUT2D eigenvalue weighted by atomic mass is 32.2. The number of rotatable bonds is 10. The zero-order valence-corrected chi connectivity index (χ0v) is 20.5. The van der Waals surface area contributed by atoms with Gasteiger partial charge in [0.15, 0.2) is 0 Å². The third kappa shape index (κ3) is 7.51. The van der Waals surface area contributed by atoms with E-state index in [2.05, 4.69) is 23.7 Å². The number of carbonyl (C=O) groups excluding carboxylic acids is 1. The minimum absolute atomic E-state index is 0.347. The number of ether oxygens (including phenoxy) is 1. The van der Waals surface area contributed by atoms with Crippen LogP contribution < -0.4 is 15.4 Å². The van der Waals surface area contributed by atoms with E-state index in [0.717, 1.165) is 36.4 Å². The third-order valence-electron chi connectivity index (χ3n) is 5.72. The van der Waals surface area contributed by atoms with Crippen LogP contribution in [0.3, 0.4) is 0 Å². The van der Waals surface area contributed by atoms with E-state index < -0.39 is 21.8 Å². The first-order valence-electron chi connectivity index (χ1n) is 11.7. The van der Waals surface area contributed by atoms with Gasteiger partial charge in [-0.2, -0.15) is 4.31 Å². The Morgan fingerprint density at radius 3 is 2.26 bits per heavy atom. The number of carbonyl (C=O) groups is 1. The number of nitrogens with two attached hydrogens (primary N) is 1. The molecule has 34 heavy (non-hydrogen) atoms. The highest BCUT2D eigenvalue weighted by Crippen LogP contribution is 2.25. The standard InChI is InChI=1S/C26H33N3O4S/c1-2-3-4-5-7-10-22(26(27)30)21-34(31,32)29-19-17-28(18-20-29)23-13-15-25(16-14-23)33-24-11-8-6-9-12-24/h6,8-9,11-16,22H,2-5,17-21H2,1H3,(H2,27,30). The molecule has 8 heteroatoms. The van der Waals surface area contributed by atoms with Crippen molar-refractivity contribution in [2.24, 2.45) is 11.7 Å². The van der Waals surface area contributed by atoms with E-state index in [9.17, 15) is 13.2 Å². The lowest BCUT2D eigenvalue weighted by Crippen LogP contribution is -2.50. The van der Waals surface area contributed by atoms with Crippen molar-refractivity contribution >= 4 is 21.6 Å². The van der Waals surface area contributed by atoms with Gasteiger partial charge < -0.3 is 15.4 Å². The van der Waals surface area contributed by atoms with E-state index in [-0.39, 0.29) is 5.75 Å². The van der Waals surface area contributed by atoms with E-state index in [1.165, 1.54) is 4.31 Å². The first-order valence-corrected chi connectivity index (χ1v) is 13.3. The van der Waals surface area contributed by atoms with Gasteiger partial charge in [0.1, 0.15) is 17.4 Å². The van der Waals surface area contributed by atoms with Gasteiger partial charge in [0.25, 0.3) is 0 Å². The first kappa shape index (κ1) is 25.6. The van der Waals surface area contributed by atoms with Crippen molar-refractivity contribution < 1.29 is 17.9 Å². The van der Waals surface area contributed by atoms with Gasteiger partial charge in [-0.25, -0.2) is 8.42 Å². The summed E-state index contributed by atoms with van der Waals surface area (Å²) in [6, 6.07) is 17.3. The summed E-state index contributed by atoms with van der Waals surface area (Å²) in [4.78, 5) is 13.9. The monoisotopic (exact) mass is 483 g/mol. The molecule has 1 atom stereocenters. The maximum Gasteiger partial charge on any atom is 0.233 e. The Bertz CT molecular complexity index is 1080. The van der Waals surface area contributed by atoms with Crippen LogP contribution in [0.25, 0.3) is 0 Å². The van der Waals surface area contributed by atoms with Crippen molar-refractivity contribution in [1.82, 2.24) is 4.31 Å². The van der Waals surface area contributed by atoms with Crippen molar-refractivity contribution in [3.8, 4) is 23.3 Å². The number of nitrogens with zero attached hydrogens (tertiary/aromatic N) is 2. The average Bonchev–Trinajstić information content (AvgIpc) is 2.84. The van der Waals surface area contributed by atoms with Crippen LogP contribution in [-0.2, 0) is 14.8 Å². The molecule has 7 nitrogen and oxygen atoms in total. The van der Waals surface area contributed by atoms with Gasteiger partial charge in [-0.1, -0.05) is 43.9 Å². The number of hydrogen-bond donors (Lipinski definition) is 1. The molecule has 2 aromatic carbocycles. The molecule has 182 valence electrons. The molecule has 0 aromatic heterocycles. The summed E-state index contributed by atoms with van der Waals surface area (Å²) in [5.74, 6) is 5.17. The van der Waals surface area contributed by atoms with Crippen molar-refractivity contribution in [2.45, 2.75) is 32.6 Å². The van der Waals surface area contributed by atoms with E-state index in [1.807, 2.05) is 54.6 Å². The summed E-state index contributed by atoms with van der Waals surface area (Å²) in [6.45, 7) is 3.91. The second-order valence-electron chi connectivity index (χ2n) is 8.31. The van der Waals surface area contributed by atoms with Crippen LogP contribution in [0.15, 0.2) is 54.6 Å². The fraction of sp³-hybridized carbons (Fsp3) is 0.423. The van der Waals surface area contributed by atoms with Crippen molar-refractivity contribution in [2.75, 3.05) is 36.8 Å². The molecule has 0 saturated carbocycles. The summed E-state index contributed by atoms with van der Waals surface area (Å²) in [5, 5.41) is 0. The average molecular weight is 484 g/mol. The third-order valence-corrected chi connectivity index (χ3v) is 7.62. The number of para-hydroxylation sites is 1. The number of piperazine rings is 1. The molecule has 1 amide bonds. The van der Waals surface area contributed by atoms with Crippen molar-refractivity contribution in [1.29, 1.82) is 0 Å². The van der Waals surface area contributed by atoms with Crippen LogP contribution in [-0.4, -0.2) is 50.6 Å². The fourth-order valence-corrected chi connectivity index (χ4v) is 5.34. The molecular weight excluding hydrogens is 450 g/mol. The zero-order chi connectivity index (χ0) is 24.4. The van der Waals surface area contributed by atoms with Gasteiger partial charge in [0.2, 0.25) is 15.9 Å². The lowest BCUT2D eigenvalue weighted by molar-refractivity contribution is -0.119. The summed E-state index contributed by atoms with van der Waals surface area (Å²) in [5.41, 5.74) is 6.44. The first-order chi connectivity index (χ1) is 16.4. The molecule has 0 radical (unpaired) electrons. The summed E-state index contributed by atoms with van der Waals surface area (Å²) < 4.78 is 33.1. The number of anilines is 1. The van der Waals surface area contributed by atoms with Crippen LogP contribution in [0, 0.1) is 17.8 Å². The lowest BCUT2D eigenvalue weighted by Gasteiger charge is -2.35. The maximum atomic E-state index is 12.9. The van der Waals surface area contributed by atoms with Crippen molar-refractivity contribution in [3.63, 3.8) is 0 Å². The highest BCUT2D eigenvalue weighted by Gasteiger charge is 2.31. The highest BCUT2D eigenvalue weighted by molar-refractivity contribution is 7.89. The number of unbranched alkanes of at least 4 members (excludes halogenated alkanes) is 3. The Kier molecular flexibility index (Phi) is 9.37. The quantitative estimate of drug-likeness (QED) is 0.412. The predicted molar refractivity (Wildman–Crippen MR) is 135 cm³/mol. The van der Waals surface area contributed by atoms with Gasteiger partial charge in [0, 0.05) is 38.3 Å². The van der Waals surface area contributed by atoms with E-state index in [0.29, 0.717) is 32.6 Å². The Hall–Kier alpha value is -3.02. The minimum Gasteiger partial charge on any atom is -0.457 e. The van der Waals surface area contributed by atoms with Crippen molar-refractivity contribution in [3.05, 3.63) is 54.6 Å². The molecule has 1 aliphatic heterocycles. The Labute approximate surface area is 202 Å². The summed E-state index contributed by atoms with van der Waals surface area (Å²) >= 11 is 0. The topological polar surface area (TPSA) is 92.9 Å². The zero-order valence-electron chi connectivity index (χ0n) is 19.7. The molecule has 1 saturated heterocycles. The molecule has 0 bridgehead atoms. The molecule has 1 unspecified atom stereocenters. The minimum atomic E-state index is -3.64. The largest absolute Gasteiger partial charge is 0.457 e. The van der Waals surface area contributed by atoms with E-state index in [1.54, 1.807) is 0 Å². The predicted octanol–water partition coefficient (Wildman–Crippen LogP) is 3.62. The number of amides is 1. The van der Waals surface area contributed by atoms with E-state index in [4.69, 9.17) is 10.5 Å². The second-order valence-corrected chi connectivity index (χ2v) is 10.3. The van der Waals surface area contributed by atoms with Gasteiger partial charge in [-0.05, 0) is 42.8 Å². The molecular formula is C26H33N3O4S. The molecule has 2 N–H and O–H groups in total. The molecule has 0 aliphatic carbocycles. The number of benzene rings is 2. The molecule has 0 spiro atoms. The molecule has 1 heterocycles. The van der Waals surface area contributed by atoms with Gasteiger partial charge in [-0.15, -0.1) is 5.92 Å². The SMILES string of the molecule is CCCCCC#CC(CS(=O)(=O)N1CCN(c2ccc(Oc3ccccc3)cc2)CC1)C(N)=O. The Morgan fingerprint density at radius 2 is 1.65 bits per heavy atom. The van der Waals surface area contributed by atoms with Gasteiger partial charge >= 0.3 is 0 Å². The Morgan fingerprint density at radius 1 is 1.00 bits per heavy atom. The van der Waals surface area contributed by atoms with Crippen LogP contribution in [0.1, 0.15) is 32.6 Å². The maximum absolute atomic E-state index is 12.9. The van der Waals surface area contributed by atoms with Crippen LogP contribution in [0.2, 0.25) is 0 Å². The van der Waals surface area contributed by atoms with E-state index >= 15 is 0 Å². The van der Waals surface area contributed by atoms with Crippen LogP contribution in [0.5, 0.6) is 11.5 Å². The fourth-order valence-electron chi connectivity index (χ4n) is 3.74. The Balaban J connectivity index is 1.54. The smallest absolute Gasteiger partial charge is 0.233 e. The number of primary amides is 1. The molecule has 1 fully saturated rings. The van der Waals surface area contributed by atoms with Gasteiger partial charge in [-0.3, -0.25) is 4.79 Å². The second kappa shape index (κ2) is 12.4. The molecule has 1 aliphatic rings. The molecule has 3 rings (SSSR count). The van der Waals surface area contributed by atoms with Gasteiger partial charge in [0.05, 0.1) is 5.75 Å². The normalized spacial score (nSPS) is 15.3. The molecule has 2 aromatic rings.